The van der Waals surface area contributed by atoms with Crippen LogP contribution in [0.25, 0.3) is 0 Å². The number of nitrogens with zero attached hydrogens (tertiary/aromatic N) is 2. The summed E-state index contributed by atoms with van der Waals surface area (Å²) in [7, 11) is 0. The first-order chi connectivity index (χ1) is 6.70. The number of nitrogen functional groups attached to an aromatic ring is 1. The predicted octanol–water partition coefficient (Wildman–Crippen LogP) is 2.66. The van der Waals surface area contributed by atoms with E-state index in [-0.39, 0.29) is 0 Å². The molecule has 0 saturated carbocycles. The van der Waals surface area contributed by atoms with Gasteiger partial charge in [0.05, 0.1) is 0 Å². The fourth-order valence-corrected chi connectivity index (χ4v) is 2.35. The molecule has 0 fully saturated rings. The predicted molar refractivity (Wildman–Crippen MR) is 64.1 cm³/mol. The SMILES string of the molecule is CCCN(CCC)c1snc(N)c1C. The van der Waals surface area contributed by atoms with E-state index in [1.807, 2.05) is 6.92 Å². The van der Waals surface area contributed by atoms with Crippen molar-refractivity contribution in [3.8, 4) is 0 Å². The number of hydrogen-bond donors (Lipinski definition) is 1. The molecular formula is C10H19N3S. The molecule has 0 aromatic carbocycles. The van der Waals surface area contributed by atoms with E-state index < -0.39 is 0 Å². The lowest BCUT2D eigenvalue weighted by Crippen LogP contribution is -2.24. The third-order valence-corrected chi connectivity index (χ3v) is 3.24. The molecule has 3 nitrogen and oxygen atoms in total. The van der Waals surface area contributed by atoms with E-state index >= 15 is 0 Å². The van der Waals surface area contributed by atoms with Gasteiger partial charge in [0.1, 0.15) is 10.8 Å². The lowest BCUT2D eigenvalue weighted by atomic mass is 10.3. The Balaban J connectivity index is 2.81. The third kappa shape index (κ3) is 2.38. The largest absolute Gasteiger partial charge is 0.383 e. The molecule has 4 heteroatoms. The lowest BCUT2D eigenvalue weighted by molar-refractivity contribution is 0.749. The number of aromatic nitrogens is 1. The Kier molecular flexibility index (Phi) is 4.20. The second kappa shape index (κ2) is 5.20. The van der Waals surface area contributed by atoms with Crippen molar-refractivity contribution in [2.24, 2.45) is 0 Å². The summed E-state index contributed by atoms with van der Waals surface area (Å²) in [6.45, 7) is 8.63. The van der Waals surface area contributed by atoms with Crippen molar-refractivity contribution in [1.29, 1.82) is 0 Å². The van der Waals surface area contributed by atoms with Gasteiger partial charge in [-0.3, -0.25) is 0 Å². The van der Waals surface area contributed by atoms with Gasteiger partial charge < -0.3 is 10.6 Å². The van der Waals surface area contributed by atoms with E-state index in [2.05, 4.69) is 23.1 Å². The number of anilines is 2. The molecule has 0 amide bonds. The molecule has 0 saturated heterocycles. The molecule has 1 aromatic heterocycles. The lowest BCUT2D eigenvalue weighted by Gasteiger charge is -2.22. The van der Waals surface area contributed by atoms with Gasteiger partial charge in [-0.2, -0.15) is 4.37 Å². The summed E-state index contributed by atoms with van der Waals surface area (Å²) in [5.74, 6) is 0.683. The Morgan fingerprint density at radius 1 is 1.29 bits per heavy atom. The molecule has 1 aromatic rings. The maximum Gasteiger partial charge on any atom is 0.142 e. The molecule has 2 N–H and O–H groups in total. The summed E-state index contributed by atoms with van der Waals surface area (Å²) in [5, 5.41) is 1.24. The molecule has 14 heavy (non-hydrogen) atoms. The molecule has 0 atom stereocenters. The molecule has 0 radical (unpaired) electrons. The van der Waals surface area contributed by atoms with E-state index in [1.165, 1.54) is 16.5 Å². The first-order valence-electron chi connectivity index (χ1n) is 5.17. The van der Waals surface area contributed by atoms with E-state index in [0.717, 1.165) is 31.5 Å². The van der Waals surface area contributed by atoms with E-state index in [0.29, 0.717) is 5.82 Å². The Hall–Kier alpha value is -0.770. The van der Waals surface area contributed by atoms with Gasteiger partial charge in [-0.1, -0.05) is 13.8 Å². The van der Waals surface area contributed by atoms with Crippen LogP contribution in [0.2, 0.25) is 0 Å². The highest BCUT2D eigenvalue weighted by Crippen LogP contribution is 2.29. The van der Waals surface area contributed by atoms with Crippen molar-refractivity contribution < 1.29 is 0 Å². The first-order valence-corrected chi connectivity index (χ1v) is 5.94. The van der Waals surface area contributed by atoms with Crippen molar-refractivity contribution in [2.45, 2.75) is 33.6 Å². The van der Waals surface area contributed by atoms with Gasteiger partial charge in [0.15, 0.2) is 0 Å². The number of hydrogen-bond acceptors (Lipinski definition) is 4. The second-order valence-electron chi connectivity index (χ2n) is 3.49. The van der Waals surface area contributed by atoms with Crippen molar-refractivity contribution in [3.63, 3.8) is 0 Å². The van der Waals surface area contributed by atoms with Crippen LogP contribution in [0.15, 0.2) is 0 Å². The van der Waals surface area contributed by atoms with E-state index in [1.54, 1.807) is 0 Å². The summed E-state index contributed by atoms with van der Waals surface area (Å²) >= 11 is 1.52. The minimum Gasteiger partial charge on any atom is -0.383 e. The highest BCUT2D eigenvalue weighted by Gasteiger charge is 2.12. The molecule has 1 heterocycles. The van der Waals surface area contributed by atoms with E-state index in [9.17, 15) is 0 Å². The van der Waals surface area contributed by atoms with Gasteiger partial charge in [-0.15, -0.1) is 0 Å². The second-order valence-corrected chi connectivity index (χ2v) is 4.24. The fraction of sp³-hybridized carbons (Fsp3) is 0.700. The van der Waals surface area contributed by atoms with Crippen molar-refractivity contribution >= 4 is 22.4 Å². The van der Waals surface area contributed by atoms with Gasteiger partial charge in [0, 0.05) is 18.7 Å². The van der Waals surface area contributed by atoms with Crippen molar-refractivity contribution in [1.82, 2.24) is 4.37 Å². The summed E-state index contributed by atoms with van der Waals surface area (Å²) in [6.07, 6.45) is 2.33. The monoisotopic (exact) mass is 213 g/mol. The minimum absolute atomic E-state index is 0.683. The summed E-state index contributed by atoms with van der Waals surface area (Å²) in [5.41, 5.74) is 6.88. The zero-order chi connectivity index (χ0) is 10.6. The van der Waals surface area contributed by atoms with E-state index in [4.69, 9.17) is 5.73 Å². The van der Waals surface area contributed by atoms with Gasteiger partial charge in [0.25, 0.3) is 0 Å². The Bertz CT molecular complexity index is 277. The average molecular weight is 213 g/mol. The molecule has 0 aliphatic heterocycles. The third-order valence-electron chi connectivity index (χ3n) is 2.21. The summed E-state index contributed by atoms with van der Waals surface area (Å²) in [4.78, 5) is 2.38. The zero-order valence-corrected chi connectivity index (χ0v) is 10.0. The number of rotatable bonds is 5. The van der Waals surface area contributed by atoms with Crippen LogP contribution < -0.4 is 10.6 Å². The normalized spacial score (nSPS) is 10.5. The van der Waals surface area contributed by atoms with Gasteiger partial charge in [0.2, 0.25) is 0 Å². The average Bonchev–Trinajstić information content (AvgIpc) is 2.48. The molecule has 0 spiro atoms. The van der Waals surface area contributed by atoms with Gasteiger partial charge in [-0.25, -0.2) is 0 Å². The van der Waals surface area contributed by atoms with Crippen LogP contribution in [-0.4, -0.2) is 17.5 Å². The number of nitrogens with two attached hydrogens (primary N) is 1. The quantitative estimate of drug-likeness (QED) is 0.817. The molecule has 0 aliphatic rings. The Morgan fingerprint density at radius 2 is 1.86 bits per heavy atom. The molecule has 0 aliphatic carbocycles. The summed E-state index contributed by atoms with van der Waals surface area (Å²) < 4.78 is 4.18. The Morgan fingerprint density at radius 3 is 2.21 bits per heavy atom. The summed E-state index contributed by atoms with van der Waals surface area (Å²) in [6, 6.07) is 0. The van der Waals surface area contributed by atoms with Gasteiger partial charge >= 0.3 is 0 Å². The Labute approximate surface area is 90.1 Å². The minimum atomic E-state index is 0.683. The highest BCUT2D eigenvalue weighted by molar-refractivity contribution is 7.10. The van der Waals surface area contributed by atoms with Crippen LogP contribution in [0, 0.1) is 6.92 Å². The standard InChI is InChI=1S/C10H19N3S/c1-4-6-13(7-5-2)10-8(3)9(11)12-14-10/h4-7H2,1-3H3,(H2,11,12). The molecule has 80 valence electrons. The van der Waals surface area contributed by atoms with Crippen LogP contribution in [-0.2, 0) is 0 Å². The van der Waals surface area contributed by atoms with Gasteiger partial charge in [-0.05, 0) is 31.3 Å². The van der Waals surface area contributed by atoms with Crippen LogP contribution in [0.5, 0.6) is 0 Å². The van der Waals surface area contributed by atoms with Crippen molar-refractivity contribution in [2.75, 3.05) is 23.7 Å². The topological polar surface area (TPSA) is 42.2 Å². The fourth-order valence-electron chi connectivity index (χ4n) is 1.49. The molecule has 0 unspecified atom stereocenters. The smallest absolute Gasteiger partial charge is 0.142 e. The molecular weight excluding hydrogens is 194 g/mol. The molecule has 0 bridgehead atoms. The zero-order valence-electron chi connectivity index (χ0n) is 9.21. The van der Waals surface area contributed by atoms with Crippen LogP contribution >= 0.6 is 11.5 Å². The maximum absolute atomic E-state index is 5.74. The van der Waals surface area contributed by atoms with Crippen LogP contribution in [0.1, 0.15) is 32.3 Å². The van der Waals surface area contributed by atoms with Crippen molar-refractivity contribution in [3.05, 3.63) is 5.56 Å². The van der Waals surface area contributed by atoms with Crippen LogP contribution in [0.4, 0.5) is 10.8 Å². The van der Waals surface area contributed by atoms with Crippen LogP contribution in [0.3, 0.4) is 0 Å². The highest BCUT2D eigenvalue weighted by atomic mass is 32.1. The first kappa shape index (κ1) is 11.3. The molecule has 1 rings (SSSR count). The maximum atomic E-state index is 5.74.